The number of anilines is 1. The topological polar surface area (TPSA) is 49.7 Å². The van der Waals surface area contributed by atoms with Crippen LogP contribution in [0.5, 0.6) is 0 Å². The van der Waals surface area contributed by atoms with E-state index in [-0.39, 0.29) is 0 Å². The summed E-state index contributed by atoms with van der Waals surface area (Å²) in [6.07, 6.45) is 10.1. The second kappa shape index (κ2) is 4.87. The molecule has 1 N–H and O–H groups in total. The normalized spacial score (nSPS) is 15.1. The van der Waals surface area contributed by atoms with Crippen molar-refractivity contribution in [1.82, 2.24) is 19.7 Å². The fourth-order valence-corrected chi connectivity index (χ4v) is 2.80. The number of fused-ring (bicyclic) bond motifs is 1. The standard InChI is InChI=1S/C17H17N5/c1-12-5-6-22(10-15(12)13-8-20-21(2)9-13)14-3-4-16-17(7-14)19-11-18-16/h3-5,7-11H,6H2,1-2H3,(H,18,19). The fraction of sp³-hybridized carbons (Fsp3) is 0.176. The quantitative estimate of drug-likeness (QED) is 0.789. The lowest BCUT2D eigenvalue weighted by atomic mass is 10.00. The molecule has 0 aliphatic carbocycles. The maximum absolute atomic E-state index is 4.34. The fourth-order valence-electron chi connectivity index (χ4n) is 2.80. The molecule has 4 rings (SSSR count). The Bertz CT molecular complexity index is 897. The van der Waals surface area contributed by atoms with E-state index in [9.17, 15) is 0 Å². The first-order valence-corrected chi connectivity index (χ1v) is 7.28. The smallest absolute Gasteiger partial charge is 0.0931 e. The van der Waals surface area contributed by atoms with Crippen LogP contribution in [0.2, 0.25) is 0 Å². The Hall–Kier alpha value is -2.82. The molecule has 0 fully saturated rings. The van der Waals surface area contributed by atoms with Crippen molar-refractivity contribution in [2.75, 3.05) is 11.4 Å². The lowest BCUT2D eigenvalue weighted by Gasteiger charge is -2.25. The van der Waals surface area contributed by atoms with Gasteiger partial charge in [0.05, 0.1) is 23.6 Å². The predicted octanol–water partition coefficient (Wildman–Crippen LogP) is 3.10. The Kier molecular flexibility index (Phi) is 2.85. The molecule has 1 aromatic carbocycles. The van der Waals surface area contributed by atoms with Gasteiger partial charge in [0.1, 0.15) is 0 Å². The molecule has 5 heteroatoms. The summed E-state index contributed by atoms with van der Waals surface area (Å²) in [6.45, 7) is 3.01. The van der Waals surface area contributed by atoms with E-state index >= 15 is 0 Å². The van der Waals surface area contributed by atoms with Crippen molar-refractivity contribution in [3.05, 3.63) is 60.3 Å². The molecule has 1 aliphatic heterocycles. The lowest BCUT2D eigenvalue weighted by molar-refractivity contribution is 0.767. The van der Waals surface area contributed by atoms with E-state index in [0.29, 0.717) is 0 Å². The van der Waals surface area contributed by atoms with Crippen molar-refractivity contribution in [1.29, 1.82) is 0 Å². The van der Waals surface area contributed by atoms with E-state index < -0.39 is 0 Å². The molecule has 5 nitrogen and oxygen atoms in total. The highest BCUT2D eigenvalue weighted by Crippen LogP contribution is 2.29. The molecule has 0 bridgehead atoms. The summed E-state index contributed by atoms with van der Waals surface area (Å²) >= 11 is 0. The summed E-state index contributed by atoms with van der Waals surface area (Å²) in [5.41, 5.74) is 6.82. The number of nitrogens with one attached hydrogen (secondary N) is 1. The van der Waals surface area contributed by atoms with Crippen molar-refractivity contribution in [2.45, 2.75) is 6.92 Å². The van der Waals surface area contributed by atoms with Crippen molar-refractivity contribution in [2.24, 2.45) is 7.05 Å². The van der Waals surface area contributed by atoms with Gasteiger partial charge in [0.15, 0.2) is 0 Å². The average Bonchev–Trinajstić information content (AvgIpc) is 3.15. The van der Waals surface area contributed by atoms with Gasteiger partial charge in [-0.3, -0.25) is 4.68 Å². The molecule has 1 aliphatic rings. The number of aromatic amines is 1. The number of hydrogen-bond acceptors (Lipinski definition) is 3. The highest BCUT2D eigenvalue weighted by molar-refractivity contribution is 5.84. The van der Waals surface area contributed by atoms with Gasteiger partial charge in [0, 0.05) is 42.8 Å². The van der Waals surface area contributed by atoms with Crippen LogP contribution in [0.4, 0.5) is 5.69 Å². The first kappa shape index (κ1) is 12.9. The van der Waals surface area contributed by atoms with Crippen LogP contribution in [0.25, 0.3) is 16.6 Å². The Morgan fingerprint density at radius 2 is 2.18 bits per heavy atom. The zero-order chi connectivity index (χ0) is 15.1. The molecule has 0 amide bonds. The minimum Gasteiger partial charge on any atom is -0.345 e. The van der Waals surface area contributed by atoms with Gasteiger partial charge in [-0.25, -0.2) is 4.98 Å². The first-order valence-electron chi connectivity index (χ1n) is 7.28. The SMILES string of the molecule is CC1=CCN(c2ccc3[nH]cnc3c2)C=C1c1cnn(C)c1. The predicted molar refractivity (Wildman–Crippen MR) is 88.4 cm³/mol. The van der Waals surface area contributed by atoms with E-state index in [0.717, 1.165) is 28.8 Å². The first-order chi connectivity index (χ1) is 10.7. The molecule has 0 spiro atoms. The summed E-state index contributed by atoms with van der Waals surface area (Å²) in [5, 5.41) is 4.27. The summed E-state index contributed by atoms with van der Waals surface area (Å²) in [4.78, 5) is 9.70. The average molecular weight is 291 g/mol. The van der Waals surface area contributed by atoms with Gasteiger partial charge in [-0.15, -0.1) is 0 Å². The van der Waals surface area contributed by atoms with E-state index in [2.05, 4.69) is 57.4 Å². The van der Waals surface area contributed by atoms with Crippen molar-refractivity contribution in [3.63, 3.8) is 0 Å². The minimum atomic E-state index is 0.867. The van der Waals surface area contributed by atoms with E-state index in [1.54, 1.807) is 6.33 Å². The zero-order valence-corrected chi connectivity index (χ0v) is 12.6. The van der Waals surface area contributed by atoms with Crippen molar-refractivity contribution >= 4 is 22.3 Å². The molecule has 110 valence electrons. The Morgan fingerprint density at radius 1 is 1.27 bits per heavy atom. The maximum Gasteiger partial charge on any atom is 0.0931 e. The molecular weight excluding hydrogens is 274 g/mol. The number of hydrogen-bond donors (Lipinski definition) is 1. The number of imidazole rings is 1. The third-order valence-electron chi connectivity index (χ3n) is 4.06. The molecular formula is C17H17N5. The van der Waals surface area contributed by atoms with Gasteiger partial charge in [-0.1, -0.05) is 6.08 Å². The van der Waals surface area contributed by atoms with Crippen LogP contribution in [-0.2, 0) is 7.05 Å². The molecule has 3 heterocycles. The third kappa shape index (κ3) is 2.11. The van der Waals surface area contributed by atoms with Gasteiger partial charge in [0.2, 0.25) is 0 Å². The number of aromatic nitrogens is 4. The second-order valence-electron chi connectivity index (χ2n) is 5.59. The van der Waals surface area contributed by atoms with Crippen LogP contribution >= 0.6 is 0 Å². The van der Waals surface area contributed by atoms with Crippen LogP contribution in [0, 0.1) is 0 Å². The number of nitrogens with zero attached hydrogens (tertiary/aromatic N) is 4. The van der Waals surface area contributed by atoms with Gasteiger partial charge in [0.25, 0.3) is 0 Å². The van der Waals surface area contributed by atoms with Gasteiger partial charge < -0.3 is 9.88 Å². The Labute approximate surface area is 128 Å². The number of rotatable bonds is 2. The monoisotopic (exact) mass is 291 g/mol. The molecule has 0 radical (unpaired) electrons. The largest absolute Gasteiger partial charge is 0.345 e. The van der Waals surface area contributed by atoms with Gasteiger partial charge in [-0.05, 0) is 30.7 Å². The highest BCUT2D eigenvalue weighted by Gasteiger charge is 2.15. The van der Waals surface area contributed by atoms with Crippen LogP contribution in [-0.4, -0.2) is 26.3 Å². The molecule has 0 saturated carbocycles. The summed E-state index contributed by atoms with van der Waals surface area (Å²) < 4.78 is 1.83. The molecule has 0 unspecified atom stereocenters. The second-order valence-corrected chi connectivity index (χ2v) is 5.59. The number of H-pyrrole nitrogens is 1. The van der Waals surface area contributed by atoms with Crippen LogP contribution in [0.3, 0.4) is 0 Å². The highest BCUT2D eigenvalue weighted by atomic mass is 15.2. The van der Waals surface area contributed by atoms with Crippen LogP contribution in [0.15, 0.2) is 54.8 Å². The van der Waals surface area contributed by atoms with Crippen LogP contribution < -0.4 is 4.90 Å². The number of allylic oxidation sites excluding steroid dienone is 2. The summed E-state index contributed by atoms with van der Waals surface area (Å²) in [6, 6.07) is 6.30. The van der Waals surface area contributed by atoms with Gasteiger partial charge in [-0.2, -0.15) is 5.10 Å². The van der Waals surface area contributed by atoms with Gasteiger partial charge >= 0.3 is 0 Å². The molecule has 22 heavy (non-hydrogen) atoms. The van der Waals surface area contributed by atoms with Crippen molar-refractivity contribution in [3.8, 4) is 0 Å². The summed E-state index contributed by atoms with van der Waals surface area (Å²) in [7, 11) is 1.94. The maximum atomic E-state index is 4.34. The molecule has 0 atom stereocenters. The molecule has 3 aromatic rings. The number of benzene rings is 1. The van der Waals surface area contributed by atoms with E-state index in [4.69, 9.17) is 0 Å². The molecule has 0 saturated heterocycles. The van der Waals surface area contributed by atoms with Crippen molar-refractivity contribution < 1.29 is 0 Å². The van der Waals surface area contributed by atoms with E-state index in [1.165, 1.54) is 11.1 Å². The van der Waals surface area contributed by atoms with E-state index in [1.807, 2.05) is 24.1 Å². The van der Waals surface area contributed by atoms with Crippen LogP contribution in [0.1, 0.15) is 12.5 Å². The molecule has 2 aromatic heterocycles. The summed E-state index contributed by atoms with van der Waals surface area (Å²) in [5.74, 6) is 0. The lowest BCUT2D eigenvalue weighted by Crippen LogP contribution is -2.20. The Balaban J connectivity index is 1.74. The number of aryl methyl sites for hydroxylation is 1. The third-order valence-corrected chi connectivity index (χ3v) is 4.06. The zero-order valence-electron chi connectivity index (χ0n) is 12.6. The Morgan fingerprint density at radius 3 is 3.00 bits per heavy atom. The minimum absolute atomic E-state index is 0.867.